The maximum Gasteiger partial charge on any atom is 0.268 e. The number of aromatic nitrogens is 4. The maximum absolute atomic E-state index is 13.4. The first kappa shape index (κ1) is 15.3. The van der Waals surface area contributed by atoms with Gasteiger partial charge < -0.3 is 0 Å². The van der Waals surface area contributed by atoms with Crippen molar-refractivity contribution in [2.24, 2.45) is 0 Å². The number of halogens is 1. The van der Waals surface area contributed by atoms with Gasteiger partial charge in [-0.3, -0.25) is 4.79 Å². The van der Waals surface area contributed by atoms with Crippen molar-refractivity contribution in [1.29, 1.82) is 0 Å². The zero-order valence-corrected chi connectivity index (χ0v) is 15.5. The molecule has 0 bridgehead atoms. The van der Waals surface area contributed by atoms with Gasteiger partial charge in [-0.1, -0.05) is 11.6 Å². The van der Waals surface area contributed by atoms with Crippen LogP contribution in [0, 0.1) is 4.77 Å². The van der Waals surface area contributed by atoms with E-state index in [9.17, 15) is 4.79 Å². The van der Waals surface area contributed by atoms with Crippen LogP contribution in [-0.4, -0.2) is 19.2 Å². The van der Waals surface area contributed by atoms with E-state index in [1.807, 2.05) is 16.5 Å². The molecule has 0 unspecified atom stereocenters. The van der Waals surface area contributed by atoms with Crippen molar-refractivity contribution in [3.05, 3.63) is 54.9 Å². The van der Waals surface area contributed by atoms with Crippen molar-refractivity contribution in [3.63, 3.8) is 0 Å². The summed E-state index contributed by atoms with van der Waals surface area (Å²) in [6, 6.07) is 7.20. The van der Waals surface area contributed by atoms with Crippen molar-refractivity contribution in [2.45, 2.75) is 25.7 Å². The second-order valence-electron chi connectivity index (χ2n) is 6.17. The van der Waals surface area contributed by atoms with Gasteiger partial charge in [-0.25, -0.2) is 14.1 Å². The van der Waals surface area contributed by atoms with Gasteiger partial charge in [-0.05, 0) is 67.7 Å². The van der Waals surface area contributed by atoms with Crippen LogP contribution in [0.2, 0.25) is 5.02 Å². The van der Waals surface area contributed by atoms with Crippen molar-refractivity contribution in [1.82, 2.24) is 19.2 Å². The third kappa shape index (κ3) is 2.16. The number of thiophene rings is 1. The van der Waals surface area contributed by atoms with Crippen LogP contribution in [0.3, 0.4) is 0 Å². The molecule has 126 valence electrons. The molecule has 5 nitrogen and oxygen atoms in total. The van der Waals surface area contributed by atoms with Crippen LogP contribution in [0.4, 0.5) is 0 Å². The number of rotatable bonds is 1. The molecule has 25 heavy (non-hydrogen) atoms. The Labute approximate surface area is 156 Å². The number of hydrogen-bond acceptors (Lipinski definition) is 4. The van der Waals surface area contributed by atoms with Gasteiger partial charge in [0.25, 0.3) is 5.56 Å². The zero-order valence-electron chi connectivity index (χ0n) is 13.1. The molecule has 0 fully saturated rings. The molecule has 1 N–H and O–H groups in total. The fourth-order valence-electron chi connectivity index (χ4n) is 3.58. The highest BCUT2D eigenvalue weighted by Crippen LogP contribution is 2.35. The molecule has 0 spiro atoms. The van der Waals surface area contributed by atoms with E-state index in [4.69, 9.17) is 23.8 Å². The number of nitrogens with zero attached hydrogens (tertiary/aromatic N) is 3. The predicted octanol–water partition coefficient (Wildman–Crippen LogP) is 4.29. The third-order valence-corrected chi connectivity index (χ3v) is 6.52. The Morgan fingerprint density at radius 1 is 1.20 bits per heavy atom. The smallest absolute Gasteiger partial charge is 0.268 e. The Morgan fingerprint density at radius 3 is 2.76 bits per heavy atom. The summed E-state index contributed by atoms with van der Waals surface area (Å²) < 4.78 is 4.00. The van der Waals surface area contributed by atoms with Gasteiger partial charge in [0.15, 0.2) is 0 Å². The Balaban J connectivity index is 2.00. The van der Waals surface area contributed by atoms with Crippen molar-refractivity contribution < 1.29 is 0 Å². The summed E-state index contributed by atoms with van der Waals surface area (Å²) in [6.45, 7) is 0. The van der Waals surface area contributed by atoms with Crippen LogP contribution >= 0.6 is 35.2 Å². The molecule has 1 aliphatic rings. The van der Waals surface area contributed by atoms with E-state index in [1.165, 1.54) is 16.9 Å². The van der Waals surface area contributed by atoms with E-state index in [1.54, 1.807) is 28.0 Å². The predicted molar refractivity (Wildman–Crippen MR) is 103 cm³/mol. The maximum atomic E-state index is 13.4. The lowest BCUT2D eigenvalue weighted by Crippen LogP contribution is -2.22. The number of benzene rings is 1. The molecule has 1 aliphatic carbocycles. The molecule has 0 saturated heterocycles. The lowest BCUT2D eigenvalue weighted by molar-refractivity contribution is 0.699. The highest BCUT2D eigenvalue weighted by molar-refractivity contribution is 7.71. The van der Waals surface area contributed by atoms with Crippen LogP contribution in [0.15, 0.2) is 29.1 Å². The lowest BCUT2D eigenvalue weighted by Gasteiger charge is -2.11. The quantitative estimate of drug-likeness (QED) is 0.495. The van der Waals surface area contributed by atoms with Crippen LogP contribution in [0.5, 0.6) is 0 Å². The summed E-state index contributed by atoms with van der Waals surface area (Å²) in [7, 11) is 0. The monoisotopic (exact) mass is 388 g/mol. The number of hydrogen-bond donors (Lipinski definition) is 1. The number of H-pyrrole nitrogens is 1. The lowest BCUT2D eigenvalue weighted by atomic mass is 9.97. The van der Waals surface area contributed by atoms with Crippen LogP contribution < -0.4 is 5.56 Å². The molecule has 0 aliphatic heterocycles. The molecule has 0 radical (unpaired) electrons. The van der Waals surface area contributed by atoms with Crippen molar-refractivity contribution in [3.8, 4) is 5.69 Å². The fraction of sp³-hybridized carbons (Fsp3) is 0.235. The molecule has 5 rings (SSSR count). The minimum atomic E-state index is -0.0433. The average Bonchev–Trinajstić information content (AvgIpc) is 3.17. The SMILES string of the molecule is O=c1c2c3c(sc2n2c(=S)[nH]nc2n1-c1ccc(Cl)cc1)CCCC3. The molecular weight excluding hydrogens is 376 g/mol. The van der Waals surface area contributed by atoms with Gasteiger partial charge in [-0.2, -0.15) is 0 Å². The summed E-state index contributed by atoms with van der Waals surface area (Å²) in [5.74, 6) is 0.503. The van der Waals surface area contributed by atoms with Gasteiger partial charge in [0.05, 0.1) is 11.1 Å². The number of fused-ring (bicyclic) bond motifs is 5. The summed E-state index contributed by atoms with van der Waals surface area (Å²) in [4.78, 5) is 15.6. The van der Waals surface area contributed by atoms with Crippen molar-refractivity contribution in [2.75, 3.05) is 0 Å². The molecule has 0 amide bonds. The molecule has 1 aromatic carbocycles. The molecule has 0 saturated carbocycles. The molecular formula is C17H13ClN4OS2. The van der Waals surface area contributed by atoms with Gasteiger partial charge >= 0.3 is 0 Å². The summed E-state index contributed by atoms with van der Waals surface area (Å²) in [6.07, 6.45) is 4.27. The summed E-state index contributed by atoms with van der Waals surface area (Å²) in [5.41, 5.74) is 1.87. The average molecular weight is 389 g/mol. The van der Waals surface area contributed by atoms with E-state index in [0.717, 1.165) is 35.2 Å². The van der Waals surface area contributed by atoms with Crippen LogP contribution in [-0.2, 0) is 12.8 Å². The second kappa shape index (κ2) is 5.52. The van der Waals surface area contributed by atoms with Gasteiger partial charge in [0, 0.05) is 9.90 Å². The first-order valence-electron chi connectivity index (χ1n) is 8.07. The van der Waals surface area contributed by atoms with Crippen LogP contribution in [0.1, 0.15) is 23.3 Å². The Bertz CT molecular complexity index is 1250. The highest BCUT2D eigenvalue weighted by Gasteiger charge is 2.23. The Hall–Kier alpha value is -1.96. The number of aromatic amines is 1. The number of aryl methyl sites for hydroxylation is 2. The van der Waals surface area contributed by atoms with Gasteiger partial charge in [0.1, 0.15) is 4.83 Å². The third-order valence-electron chi connectivity index (χ3n) is 4.71. The number of nitrogens with one attached hydrogen (secondary N) is 1. The van der Waals surface area contributed by atoms with Gasteiger partial charge in [0.2, 0.25) is 10.5 Å². The standard InChI is InChI=1S/C17H13ClN4OS2/c18-9-5-7-10(8-6-9)21-14(23)13-11-3-1-2-4-12(11)25-15(13)22-16(21)19-20-17(22)24/h5-8H,1-4H2,(H,20,24). The molecule has 3 aromatic heterocycles. The molecule has 3 heterocycles. The van der Waals surface area contributed by atoms with Crippen molar-refractivity contribution >= 4 is 51.1 Å². The molecule has 8 heteroatoms. The fourth-order valence-corrected chi connectivity index (χ4v) is 5.36. The highest BCUT2D eigenvalue weighted by atomic mass is 35.5. The van der Waals surface area contributed by atoms with E-state index in [0.29, 0.717) is 15.6 Å². The second-order valence-corrected chi connectivity index (χ2v) is 8.08. The first-order chi connectivity index (χ1) is 12.1. The Kier molecular flexibility index (Phi) is 3.38. The topological polar surface area (TPSA) is 55.1 Å². The summed E-state index contributed by atoms with van der Waals surface area (Å²) in [5, 5.41) is 8.55. The molecule has 4 aromatic rings. The van der Waals surface area contributed by atoms with Crippen LogP contribution in [0.25, 0.3) is 21.7 Å². The normalized spacial score (nSPS) is 14.3. The Morgan fingerprint density at radius 2 is 1.96 bits per heavy atom. The largest absolute Gasteiger partial charge is 0.268 e. The van der Waals surface area contributed by atoms with E-state index >= 15 is 0 Å². The van der Waals surface area contributed by atoms with E-state index in [2.05, 4.69) is 10.2 Å². The minimum Gasteiger partial charge on any atom is -0.268 e. The van der Waals surface area contributed by atoms with E-state index in [-0.39, 0.29) is 5.56 Å². The zero-order chi connectivity index (χ0) is 17.1. The van der Waals surface area contributed by atoms with Gasteiger partial charge in [-0.15, -0.1) is 16.4 Å². The molecule has 0 atom stereocenters. The first-order valence-corrected chi connectivity index (χ1v) is 9.68. The minimum absolute atomic E-state index is 0.0433. The van der Waals surface area contributed by atoms with E-state index < -0.39 is 0 Å². The summed E-state index contributed by atoms with van der Waals surface area (Å²) >= 11 is 13.1.